The van der Waals surface area contributed by atoms with E-state index < -0.39 is 96.9 Å². The molecule has 4 fully saturated rings. The van der Waals surface area contributed by atoms with Crippen molar-refractivity contribution >= 4 is 11.7 Å². The Morgan fingerprint density at radius 1 is 0.937 bits per heavy atom. The van der Waals surface area contributed by atoms with Crippen LogP contribution in [0.5, 0.6) is 0 Å². The molecule has 0 aromatic heterocycles. The number of rotatable bonds is 8. The number of aliphatic hydroxyl groups is 2. The van der Waals surface area contributed by atoms with E-state index in [-0.39, 0.29) is 42.6 Å². The minimum atomic E-state index is -1.88. The molecular weight excluding hydrogens is 815 g/mol. The predicted octanol–water partition coefficient (Wildman–Crippen LogP) is 5.85. The van der Waals surface area contributed by atoms with Crippen LogP contribution in [-0.4, -0.2) is 139 Å². The number of hydrogen-bond acceptors (Lipinski definition) is 15. The second kappa shape index (κ2) is 20.0. The third kappa shape index (κ3) is 9.85. The summed E-state index contributed by atoms with van der Waals surface area (Å²) in [6.45, 7) is 16.0. The zero-order chi connectivity index (χ0) is 45.4. The number of esters is 1. The number of oxime groups is 1. The summed E-state index contributed by atoms with van der Waals surface area (Å²) in [6.07, 6.45) is 9.39. The number of hydrogen-bond donors (Lipinski definition) is 3. The first-order valence-electron chi connectivity index (χ1n) is 22.9. The topological polar surface area (TPSA) is 182 Å². The van der Waals surface area contributed by atoms with Gasteiger partial charge in [-0.2, -0.15) is 0 Å². The highest BCUT2D eigenvalue weighted by Gasteiger charge is 2.60. The van der Waals surface area contributed by atoms with E-state index in [9.17, 15) is 20.2 Å². The third-order valence-electron chi connectivity index (χ3n) is 14.5. The largest absolute Gasteiger partial charge is 0.462 e. The molecule has 0 aromatic carbocycles. The quantitative estimate of drug-likeness (QED) is 0.114. The Morgan fingerprint density at radius 2 is 1.65 bits per heavy atom. The molecule has 0 aromatic rings. The zero-order valence-corrected chi connectivity index (χ0v) is 38.6. The van der Waals surface area contributed by atoms with E-state index in [0.717, 1.165) is 12.0 Å². The number of fused-ring (bicyclic) bond motifs is 2. The lowest BCUT2D eigenvalue weighted by Crippen LogP contribution is -2.57. The molecule has 4 saturated heterocycles. The zero-order valence-electron chi connectivity index (χ0n) is 38.6. The van der Waals surface area contributed by atoms with Gasteiger partial charge in [0.25, 0.3) is 0 Å². The lowest BCUT2D eigenvalue weighted by atomic mass is 9.71. The highest BCUT2D eigenvalue weighted by molar-refractivity contribution is 6.06. The fourth-order valence-electron chi connectivity index (χ4n) is 10.6. The van der Waals surface area contributed by atoms with Crippen LogP contribution >= 0.6 is 0 Å². The van der Waals surface area contributed by atoms with E-state index in [2.05, 4.69) is 45.0 Å². The summed E-state index contributed by atoms with van der Waals surface area (Å²) < 4.78 is 63.8. The van der Waals surface area contributed by atoms with Crippen molar-refractivity contribution in [1.29, 1.82) is 0 Å². The van der Waals surface area contributed by atoms with Gasteiger partial charge in [0.1, 0.15) is 41.6 Å². The summed E-state index contributed by atoms with van der Waals surface area (Å²) in [4.78, 5) is 14.4. The van der Waals surface area contributed by atoms with E-state index in [1.807, 2.05) is 32.1 Å². The van der Waals surface area contributed by atoms with Crippen molar-refractivity contribution in [3.63, 3.8) is 0 Å². The summed E-state index contributed by atoms with van der Waals surface area (Å²) in [7, 11) is 3.21. The molecule has 63 heavy (non-hydrogen) atoms. The fraction of sp³-hybridized carbons (Fsp3) is 0.750. The average Bonchev–Trinajstić information content (AvgIpc) is 3.59. The van der Waals surface area contributed by atoms with Gasteiger partial charge in [0.05, 0.1) is 49.3 Å². The van der Waals surface area contributed by atoms with Crippen molar-refractivity contribution in [3.8, 4) is 0 Å². The maximum atomic E-state index is 14.4. The number of carbonyl (C=O) groups excluding carboxylic acids is 1. The number of ether oxygens (including phenoxy) is 10. The maximum absolute atomic E-state index is 14.4. The number of nitrogens with zero attached hydrogens (tertiary/aromatic N) is 1. The lowest BCUT2D eigenvalue weighted by molar-refractivity contribution is -0.318. The molecule has 0 radical (unpaired) electrons. The molecule has 7 aliphatic rings. The van der Waals surface area contributed by atoms with Crippen LogP contribution in [0.1, 0.15) is 93.9 Å². The number of methoxy groups -OCH3 is 2. The predicted molar refractivity (Wildman–Crippen MR) is 231 cm³/mol. The lowest BCUT2D eigenvalue weighted by Gasteiger charge is -2.48. The normalized spacial score (nSPS) is 48.0. The second-order valence-corrected chi connectivity index (χ2v) is 18.9. The molecule has 0 unspecified atom stereocenters. The monoisotopic (exact) mass is 885 g/mol. The number of aliphatic hydroxyl groups excluding tert-OH is 1. The number of carbonyl (C=O) groups is 1. The molecule has 19 atom stereocenters. The van der Waals surface area contributed by atoms with Gasteiger partial charge in [-0.3, -0.25) is 4.79 Å². The number of allylic oxidation sites excluding steroid dienone is 2. The molecule has 0 amide bonds. The van der Waals surface area contributed by atoms with Crippen molar-refractivity contribution in [2.24, 2.45) is 28.8 Å². The van der Waals surface area contributed by atoms with Gasteiger partial charge in [-0.15, -0.1) is 0 Å². The maximum Gasteiger partial charge on any atom is 0.316 e. The van der Waals surface area contributed by atoms with Gasteiger partial charge in [-0.25, -0.2) is 0 Å². The molecule has 1 aliphatic carbocycles. The van der Waals surface area contributed by atoms with Crippen molar-refractivity contribution < 1.29 is 67.6 Å². The molecule has 0 saturated carbocycles. The Balaban J connectivity index is 1.19. The standard InChI is InChI=1S/C48H71NO14/c1-11-25(2)43-28(5)17-18-47(63-43)23-34-20-33(62-47)16-15-27(4)42(60-39-22-37(55-10)44(31(8)58-39)61-38-21-36(54-9)41(50)30(7)57-38)26(3)13-12-14-32-24-56-45-40(49-53)29(6)19-35(46(51)59-34)48(32,45)52/h12-15,17-19,25-26,28,30-31,33-39,41-45,50,52-53H,11,16,20-24H2,1-10H3/b13-12+,27-15+,32-14+,49-40+/t25-,26-,28-,30-,31-,33+,34-,35-,36-,37-,38-,39-,41-,42-,43+,44-,45+,47+,48+/m0/s1. The molecule has 1 spiro atoms. The molecule has 6 heterocycles. The average molecular weight is 886 g/mol. The smallest absolute Gasteiger partial charge is 0.316 e. The van der Waals surface area contributed by atoms with Crippen LogP contribution < -0.4 is 0 Å². The van der Waals surface area contributed by atoms with Crippen LogP contribution in [0, 0.1) is 23.7 Å². The Hall–Kier alpha value is -2.80. The molecule has 352 valence electrons. The Morgan fingerprint density at radius 3 is 2.37 bits per heavy atom. The van der Waals surface area contributed by atoms with Crippen LogP contribution in [0.15, 0.2) is 64.4 Å². The molecule has 3 N–H and O–H groups in total. The minimum Gasteiger partial charge on any atom is -0.462 e. The summed E-state index contributed by atoms with van der Waals surface area (Å²) in [5.41, 5.74) is 0.200. The SMILES string of the molecule is CC[C@H](C)[C@H]1O[C@]2(C=C[C@@H]1C)C[C@@H]1C[C@@H](C/C=C(\C)[C@@H](O[C@H]3C[C@H](OC)[C@@H](O[C@H]4C[C@H](OC)[C@@H](O)[C@H](C)O4)[C@H](C)O3)[C@@H](C)/C=C/C=C3\CO[C@@H]4/C(=N/O)C(C)=C[C@@H](C(=O)O1)[C@]34O)O2. The molecule has 15 nitrogen and oxygen atoms in total. The summed E-state index contributed by atoms with van der Waals surface area (Å²) in [5, 5.41) is 36.7. The summed E-state index contributed by atoms with van der Waals surface area (Å²) in [5.74, 6) is -2.66. The summed E-state index contributed by atoms with van der Waals surface area (Å²) >= 11 is 0. The van der Waals surface area contributed by atoms with Gasteiger partial charge in [0.2, 0.25) is 0 Å². The molecule has 6 aliphatic heterocycles. The first-order chi connectivity index (χ1) is 30.0. The van der Waals surface area contributed by atoms with Crippen molar-refractivity contribution in [2.75, 3.05) is 20.8 Å². The van der Waals surface area contributed by atoms with Gasteiger partial charge in [-0.05, 0) is 62.8 Å². The van der Waals surface area contributed by atoms with Crippen LogP contribution in [0.4, 0.5) is 0 Å². The van der Waals surface area contributed by atoms with Crippen LogP contribution in [0.3, 0.4) is 0 Å². The van der Waals surface area contributed by atoms with Crippen molar-refractivity contribution in [1.82, 2.24) is 0 Å². The Kier molecular flexibility index (Phi) is 15.3. The van der Waals surface area contributed by atoms with Crippen LogP contribution in [-0.2, 0) is 52.2 Å². The van der Waals surface area contributed by atoms with E-state index in [0.29, 0.717) is 36.8 Å². The van der Waals surface area contributed by atoms with E-state index in [1.165, 1.54) is 0 Å². The van der Waals surface area contributed by atoms with Crippen LogP contribution in [0.25, 0.3) is 0 Å². The molecule has 7 rings (SSSR count). The Bertz CT molecular complexity index is 1810. The van der Waals surface area contributed by atoms with Gasteiger partial charge in [0.15, 0.2) is 18.4 Å². The highest BCUT2D eigenvalue weighted by atomic mass is 16.7. The van der Waals surface area contributed by atoms with Crippen LogP contribution in [0.2, 0.25) is 0 Å². The third-order valence-corrected chi connectivity index (χ3v) is 14.5. The fourth-order valence-corrected chi connectivity index (χ4v) is 10.6. The van der Waals surface area contributed by atoms with E-state index in [1.54, 1.807) is 40.2 Å². The minimum absolute atomic E-state index is 0.00586. The first-order valence-corrected chi connectivity index (χ1v) is 22.9. The van der Waals surface area contributed by atoms with E-state index >= 15 is 0 Å². The highest BCUT2D eigenvalue weighted by Crippen LogP contribution is 2.46. The summed E-state index contributed by atoms with van der Waals surface area (Å²) in [6, 6.07) is 0. The van der Waals surface area contributed by atoms with Crippen molar-refractivity contribution in [3.05, 3.63) is 59.3 Å². The van der Waals surface area contributed by atoms with Gasteiger partial charge >= 0.3 is 5.97 Å². The Labute approximate surface area is 372 Å². The first kappa shape index (κ1) is 48.1. The van der Waals surface area contributed by atoms with Gasteiger partial charge in [0, 0.05) is 51.7 Å². The van der Waals surface area contributed by atoms with Gasteiger partial charge in [-0.1, -0.05) is 75.7 Å². The molecule has 15 heteroatoms. The molecular formula is C48H71NO14. The molecule has 2 bridgehead atoms. The van der Waals surface area contributed by atoms with E-state index in [4.69, 9.17) is 47.4 Å². The second-order valence-electron chi connectivity index (χ2n) is 18.9. The van der Waals surface area contributed by atoms with Gasteiger partial charge < -0.3 is 62.8 Å². The van der Waals surface area contributed by atoms with Crippen molar-refractivity contribution in [2.45, 2.75) is 185 Å².